The minimum Gasteiger partial charge on any atom is -0.459 e. The van der Waals surface area contributed by atoms with Gasteiger partial charge in [0, 0.05) is 19.3 Å². The predicted molar refractivity (Wildman–Crippen MR) is 111 cm³/mol. The first-order valence-corrected chi connectivity index (χ1v) is 11.7. The number of fused-ring (bicyclic) bond motifs is 1. The second-order valence-corrected chi connectivity index (χ2v) is 9.33. The van der Waals surface area contributed by atoms with Gasteiger partial charge in [0.1, 0.15) is 5.52 Å². The van der Waals surface area contributed by atoms with Gasteiger partial charge < -0.3 is 9.32 Å². The van der Waals surface area contributed by atoms with Crippen LogP contribution in [0.25, 0.3) is 10.2 Å². The van der Waals surface area contributed by atoms with Gasteiger partial charge in [-0.25, -0.2) is 13.4 Å². The highest BCUT2D eigenvalue weighted by molar-refractivity contribution is 7.91. The number of thiazole rings is 1. The van der Waals surface area contributed by atoms with E-state index in [1.807, 2.05) is 6.07 Å². The second kappa shape index (κ2) is 8.42. The monoisotopic (exact) mass is 421 g/mol. The van der Waals surface area contributed by atoms with Crippen LogP contribution in [0.4, 0.5) is 5.13 Å². The van der Waals surface area contributed by atoms with E-state index < -0.39 is 9.84 Å². The summed E-state index contributed by atoms with van der Waals surface area (Å²) in [4.78, 5) is 21.5. The number of hydrogen-bond donors (Lipinski definition) is 0. The Labute approximate surface area is 168 Å². The normalized spacial score (nSPS) is 12.0. The van der Waals surface area contributed by atoms with Crippen molar-refractivity contribution >= 4 is 42.4 Å². The lowest BCUT2D eigenvalue weighted by Gasteiger charge is -2.24. The number of hydrogen-bond acceptors (Lipinski definition) is 7. The summed E-state index contributed by atoms with van der Waals surface area (Å²) in [6.07, 6.45) is 2.61. The molecule has 0 aliphatic carbocycles. The molecule has 0 aliphatic rings. The molecule has 2 heterocycles. The maximum Gasteiger partial charge on any atom is 0.295 e. The third kappa shape index (κ3) is 4.26. The number of carbonyl (C=O) groups excluding carboxylic acids is 1. The topological polar surface area (TPSA) is 83.7 Å². The molecule has 0 aliphatic heterocycles. The molecular weight excluding hydrogens is 398 g/mol. The Kier molecular flexibility index (Phi) is 6.17. The van der Waals surface area contributed by atoms with Crippen molar-refractivity contribution in [1.29, 1.82) is 0 Å². The molecule has 9 heteroatoms. The summed E-state index contributed by atoms with van der Waals surface area (Å²) < 4.78 is 30.2. The van der Waals surface area contributed by atoms with Crippen molar-refractivity contribution in [2.75, 3.05) is 37.3 Å². The third-order valence-electron chi connectivity index (χ3n) is 4.51. The van der Waals surface area contributed by atoms with Crippen molar-refractivity contribution in [2.24, 2.45) is 0 Å². The van der Waals surface area contributed by atoms with Gasteiger partial charge in [-0.2, -0.15) is 0 Å². The van der Waals surface area contributed by atoms with E-state index in [9.17, 15) is 13.2 Å². The number of para-hydroxylation sites is 1. The van der Waals surface area contributed by atoms with Crippen LogP contribution in [0.3, 0.4) is 0 Å². The largest absolute Gasteiger partial charge is 0.459 e. The summed E-state index contributed by atoms with van der Waals surface area (Å²) in [5, 5.41) is 0.458. The molecule has 0 fully saturated rings. The highest BCUT2D eigenvalue weighted by atomic mass is 32.2. The van der Waals surface area contributed by atoms with Crippen LogP contribution in [0.15, 0.2) is 45.9 Å². The summed E-state index contributed by atoms with van der Waals surface area (Å²) >= 11 is 1.30. The van der Waals surface area contributed by atoms with Gasteiger partial charge in [0.05, 0.1) is 15.9 Å². The molecule has 0 atom stereocenters. The fourth-order valence-corrected chi connectivity index (χ4v) is 4.84. The molecule has 0 N–H and O–H groups in total. The molecule has 150 valence electrons. The SMILES string of the molecule is CCN(CC)CCN(C(=O)c1ccco1)c1nc2c(S(C)(=O)=O)cccc2s1. The van der Waals surface area contributed by atoms with E-state index in [1.54, 1.807) is 23.1 Å². The third-order valence-corrected chi connectivity index (χ3v) is 6.68. The number of aromatic nitrogens is 1. The van der Waals surface area contributed by atoms with E-state index in [0.717, 1.165) is 24.0 Å². The van der Waals surface area contributed by atoms with Gasteiger partial charge in [0.25, 0.3) is 5.91 Å². The van der Waals surface area contributed by atoms with E-state index in [2.05, 4.69) is 23.7 Å². The van der Waals surface area contributed by atoms with Crippen LogP contribution in [-0.2, 0) is 9.84 Å². The average Bonchev–Trinajstić information content (AvgIpc) is 3.33. The van der Waals surface area contributed by atoms with E-state index in [1.165, 1.54) is 23.7 Å². The zero-order valence-corrected chi connectivity index (χ0v) is 17.7. The van der Waals surface area contributed by atoms with Crippen LogP contribution < -0.4 is 4.90 Å². The first-order valence-electron chi connectivity index (χ1n) is 9.02. The van der Waals surface area contributed by atoms with Crippen molar-refractivity contribution in [1.82, 2.24) is 9.88 Å². The van der Waals surface area contributed by atoms with Gasteiger partial charge in [-0.15, -0.1) is 0 Å². The summed E-state index contributed by atoms with van der Waals surface area (Å²) in [5.74, 6) is -0.0701. The molecule has 1 amide bonds. The Bertz CT molecular complexity index is 1050. The van der Waals surface area contributed by atoms with Crippen LogP contribution >= 0.6 is 11.3 Å². The second-order valence-electron chi connectivity index (χ2n) is 6.33. The number of anilines is 1. The zero-order chi connectivity index (χ0) is 20.3. The smallest absolute Gasteiger partial charge is 0.295 e. The molecule has 0 unspecified atom stereocenters. The van der Waals surface area contributed by atoms with Crippen LogP contribution in [0.5, 0.6) is 0 Å². The van der Waals surface area contributed by atoms with Gasteiger partial charge in [0.2, 0.25) is 0 Å². The molecule has 1 aromatic carbocycles. The molecule has 7 nitrogen and oxygen atoms in total. The number of sulfone groups is 1. The van der Waals surface area contributed by atoms with E-state index in [0.29, 0.717) is 23.7 Å². The zero-order valence-electron chi connectivity index (χ0n) is 16.1. The van der Waals surface area contributed by atoms with Crippen LogP contribution in [0.2, 0.25) is 0 Å². The number of benzene rings is 1. The summed E-state index contributed by atoms with van der Waals surface area (Å²) in [6.45, 7) is 6.98. The van der Waals surface area contributed by atoms with Crippen molar-refractivity contribution in [2.45, 2.75) is 18.7 Å². The lowest BCUT2D eigenvalue weighted by atomic mass is 10.3. The Morgan fingerprint density at radius 3 is 2.50 bits per heavy atom. The first-order chi connectivity index (χ1) is 13.3. The molecule has 0 saturated heterocycles. The van der Waals surface area contributed by atoms with Crippen molar-refractivity contribution in [3.63, 3.8) is 0 Å². The van der Waals surface area contributed by atoms with Gasteiger partial charge >= 0.3 is 0 Å². The molecule has 0 bridgehead atoms. The molecule has 3 rings (SSSR count). The minimum absolute atomic E-state index is 0.168. The van der Waals surface area contributed by atoms with Crippen LogP contribution in [-0.4, -0.2) is 56.6 Å². The molecule has 2 aromatic heterocycles. The molecule has 28 heavy (non-hydrogen) atoms. The number of nitrogens with zero attached hydrogens (tertiary/aromatic N) is 3. The molecule has 0 saturated carbocycles. The summed E-state index contributed by atoms with van der Waals surface area (Å²) in [7, 11) is -3.42. The van der Waals surface area contributed by atoms with Gasteiger partial charge in [-0.05, 0) is 37.4 Å². The first kappa shape index (κ1) is 20.5. The number of rotatable bonds is 8. The van der Waals surface area contributed by atoms with Gasteiger partial charge in [-0.3, -0.25) is 9.69 Å². The van der Waals surface area contributed by atoms with Crippen molar-refractivity contribution in [3.8, 4) is 0 Å². The van der Waals surface area contributed by atoms with Gasteiger partial charge in [-0.1, -0.05) is 31.3 Å². The van der Waals surface area contributed by atoms with Gasteiger partial charge in [0.15, 0.2) is 20.7 Å². The lowest BCUT2D eigenvalue weighted by Crippen LogP contribution is -2.38. The Morgan fingerprint density at radius 2 is 1.89 bits per heavy atom. The Morgan fingerprint density at radius 1 is 1.14 bits per heavy atom. The average molecular weight is 422 g/mol. The van der Waals surface area contributed by atoms with Crippen molar-refractivity contribution in [3.05, 3.63) is 42.4 Å². The standard InChI is InChI=1S/C19H23N3O4S2/c1-4-21(5-2)11-12-22(18(23)14-8-7-13-26-14)19-20-17-15(27-19)9-6-10-16(17)28(3,24)25/h6-10,13H,4-5,11-12H2,1-3H3. The Balaban J connectivity index is 2.03. The number of amides is 1. The highest BCUT2D eigenvalue weighted by Gasteiger charge is 2.25. The molecular formula is C19H23N3O4S2. The number of likely N-dealkylation sites (N-methyl/N-ethyl adjacent to an activating group) is 1. The lowest BCUT2D eigenvalue weighted by molar-refractivity contribution is 0.0957. The molecule has 0 radical (unpaired) electrons. The fourth-order valence-electron chi connectivity index (χ4n) is 2.92. The molecule has 3 aromatic rings. The predicted octanol–water partition coefficient (Wildman–Crippen LogP) is 3.28. The minimum atomic E-state index is -3.42. The fraction of sp³-hybridized carbons (Fsp3) is 0.368. The van der Waals surface area contributed by atoms with E-state index >= 15 is 0 Å². The number of carbonyl (C=O) groups is 1. The van der Waals surface area contributed by atoms with E-state index in [4.69, 9.17) is 4.42 Å². The molecule has 0 spiro atoms. The van der Waals surface area contributed by atoms with E-state index in [-0.39, 0.29) is 16.6 Å². The summed E-state index contributed by atoms with van der Waals surface area (Å²) in [5.41, 5.74) is 0.394. The number of furan rings is 1. The summed E-state index contributed by atoms with van der Waals surface area (Å²) in [6, 6.07) is 8.31. The maximum absolute atomic E-state index is 13.0. The Hall–Kier alpha value is -2.23. The van der Waals surface area contributed by atoms with Crippen LogP contribution in [0.1, 0.15) is 24.4 Å². The quantitative estimate of drug-likeness (QED) is 0.555. The van der Waals surface area contributed by atoms with Crippen molar-refractivity contribution < 1.29 is 17.6 Å². The highest BCUT2D eigenvalue weighted by Crippen LogP contribution is 2.33. The van der Waals surface area contributed by atoms with Crippen LogP contribution in [0, 0.1) is 0 Å². The maximum atomic E-state index is 13.0.